The first-order valence-electron chi connectivity index (χ1n) is 5.40. The van der Waals surface area contributed by atoms with Crippen molar-refractivity contribution in [2.75, 3.05) is 12.1 Å². The maximum absolute atomic E-state index is 11.4. The first-order valence-corrected chi connectivity index (χ1v) is 5.40. The van der Waals surface area contributed by atoms with Gasteiger partial charge < -0.3 is 9.57 Å². The molecule has 1 rings (SSSR count). The number of hydrogen-bond acceptors (Lipinski definition) is 5. The van der Waals surface area contributed by atoms with Crippen molar-refractivity contribution in [2.24, 2.45) is 0 Å². The van der Waals surface area contributed by atoms with Crippen LogP contribution in [0.1, 0.15) is 30.6 Å². The molecule has 17 heavy (non-hydrogen) atoms. The fourth-order valence-electron chi connectivity index (χ4n) is 1.18. The second-order valence-corrected chi connectivity index (χ2v) is 3.24. The van der Waals surface area contributed by atoms with Crippen molar-refractivity contribution in [3.63, 3.8) is 0 Å². The fourth-order valence-corrected chi connectivity index (χ4v) is 1.18. The lowest BCUT2D eigenvalue weighted by Crippen LogP contribution is -2.12. The minimum atomic E-state index is -0.791. The van der Waals surface area contributed by atoms with Crippen LogP contribution in [-0.4, -0.2) is 18.5 Å². The SMILES string of the molecule is CCOC(=O)ONc1ccc(C(=O)CC)cc1. The number of hydrogen-bond donors (Lipinski definition) is 1. The van der Waals surface area contributed by atoms with Gasteiger partial charge in [0.1, 0.15) is 0 Å². The van der Waals surface area contributed by atoms with E-state index in [4.69, 9.17) is 0 Å². The molecule has 0 atom stereocenters. The van der Waals surface area contributed by atoms with Crippen LogP contribution in [0.15, 0.2) is 24.3 Å². The average molecular weight is 237 g/mol. The normalized spacial score (nSPS) is 9.53. The molecule has 92 valence electrons. The molecule has 5 nitrogen and oxygen atoms in total. The van der Waals surface area contributed by atoms with Crippen molar-refractivity contribution < 1.29 is 19.2 Å². The van der Waals surface area contributed by atoms with Gasteiger partial charge in [-0.2, -0.15) is 0 Å². The van der Waals surface area contributed by atoms with Crippen LogP contribution in [-0.2, 0) is 9.57 Å². The summed E-state index contributed by atoms with van der Waals surface area (Å²) in [5, 5.41) is 0. The molecule has 1 aromatic rings. The first kappa shape index (κ1) is 13.0. The van der Waals surface area contributed by atoms with Gasteiger partial charge in [-0.25, -0.2) is 10.3 Å². The molecule has 0 aromatic heterocycles. The second kappa shape index (κ2) is 6.52. The molecule has 0 fully saturated rings. The highest BCUT2D eigenvalue weighted by Crippen LogP contribution is 2.11. The number of Topliss-reactive ketones (excluding diaryl/α,β-unsaturated/α-hetero) is 1. The van der Waals surface area contributed by atoms with Gasteiger partial charge >= 0.3 is 6.16 Å². The van der Waals surface area contributed by atoms with E-state index < -0.39 is 6.16 Å². The van der Waals surface area contributed by atoms with Gasteiger partial charge in [0.05, 0.1) is 12.3 Å². The lowest BCUT2D eigenvalue weighted by molar-refractivity contribution is 0.0761. The summed E-state index contributed by atoms with van der Waals surface area (Å²) in [5.41, 5.74) is 3.64. The molecular formula is C12H15NO4. The highest BCUT2D eigenvalue weighted by molar-refractivity contribution is 5.96. The van der Waals surface area contributed by atoms with Gasteiger partial charge in [-0.3, -0.25) is 4.79 Å². The van der Waals surface area contributed by atoms with Crippen LogP contribution in [0.25, 0.3) is 0 Å². The second-order valence-electron chi connectivity index (χ2n) is 3.24. The van der Waals surface area contributed by atoms with E-state index in [0.717, 1.165) is 0 Å². The molecule has 0 radical (unpaired) electrons. The third-order valence-corrected chi connectivity index (χ3v) is 2.04. The van der Waals surface area contributed by atoms with Crippen molar-refractivity contribution in [1.82, 2.24) is 0 Å². The molecule has 0 aliphatic heterocycles. The lowest BCUT2D eigenvalue weighted by Gasteiger charge is -2.06. The fraction of sp³-hybridized carbons (Fsp3) is 0.333. The van der Waals surface area contributed by atoms with Crippen molar-refractivity contribution in [3.8, 4) is 0 Å². The Bertz CT molecular complexity index is 386. The third kappa shape index (κ3) is 4.14. The molecule has 1 aromatic carbocycles. The van der Waals surface area contributed by atoms with Gasteiger partial charge in [0.15, 0.2) is 5.78 Å². The molecule has 0 aliphatic carbocycles. The molecule has 0 spiro atoms. The van der Waals surface area contributed by atoms with Crippen molar-refractivity contribution >= 4 is 17.6 Å². The number of rotatable bonds is 5. The molecule has 5 heteroatoms. The van der Waals surface area contributed by atoms with E-state index in [-0.39, 0.29) is 12.4 Å². The molecule has 0 aliphatic rings. The van der Waals surface area contributed by atoms with Crippen LogP contribution in [0, 0.1) is 0 Å². The highest BCUT2D eigenvalue weighted by Gasteiger charge is 2.04. The first-order chi connectivity index (χ1) is 8.17. The quantitative estimate of drug-likeness (QED) is 0.484. The smallest absolute Gasteiger partial charge is 0.433 e. The number of ketones is 1. The van der Waals surface area contributed by atoms with E-state index in [2.05, 4.69) is 15.1 Å². The zero-order valence-electron chi connectivity index (χ0n) is 9.86. The summed E-state index contributed by atoms with van der Waals surface area (Å²) >= 11 is 0. The number of anilines is 1. The van der Waals surface area contributed by atoms with E-state index in [0.29, 0.717) is 17.7 Å². The zero-order chi connectivity index (χ0) is 12.7. The predicted octanol–water partition coefficient (Wildman–Crippen LogP) is 2.78. The van der Waals surface area contributed by atoms with Gasteiger partial charge in [0.2, 0.25) is 0 Å². The molecule has 0 saturated heterocycles. The minimum Gasteiger partial charge on any atom is -0.433 e. The van der Waals surface area contributed by atoms with Crippen LogP contribution in [0.5, 0.6) is 0 Å². The Hall–Kier alpha value is -2.04. The van der Waals surface area contributed by atoms with E-state index in [1.54, 1.807) is 38.1 Å². The Kier molecular flexibility index (Phi) is 5.00. The van der Waals surface area contributed by atoms with Crippen LogP contribution in [0.4, 0.5) is 10.5 Å². The van der Waals surface area contributed by atoms with E-state index in [1.807, 2.05) is 0 Å². The van der Waals surface area contributed by atoms with E-state index in [9.17, 15) is 9.59 Å². The van der Waals surface area contributed by atoms with Crippen LogP contribution in [0.3, 0.4) is 0 Å². The minimum absolute atomic E-state index is 0.0721. The van der Waals surface area contributed by atoms with Crippen molar-refractivity contribution in [2.45, 2.75) is 20.3 Å². The summed E-state index contributed by atoms with van der Waals surface area (Å²) in [6, 6.07) is 6.65. The number of ether oxygens (including phenoxy) is 1. The Morgan fingerprint density at radius 3 is 2.35 bits per heavy atom. The Labute approximate surface area is 99.7 Å². The maximum Gasteiger partial charge on any atom is 0.533 e. The van der Waals surface area contributed by atoms with Crippen LogP contribution >= 0.6 is 0 Å². The highest BCUT2D eigenvalue weighted by atomic mass is 16.8. The monoisotopic (exact) mass is 237 g/mol. The van der Waals surface area contributed by atoms with Gasteiger partial charge in [-0.15, -0.1) is 0 Å². The number of nitrogens with one attached hydrogen (secondary N) is 1. The molecule has 1 N–H and O–H groups in total. The summed E-state index contributed by atoms with van der Waals surface area (Å²) in [5.74, 6) is 0.0721. The molecule has 0 saturated carbocycles. The molecule has 0 amide bonds. The largest absolute Gasteiger partial charge is 0.533 e. The molecule has 0 unspecified atom stereocenters. The van der Waals surface area contributed by atoms with Crippen LogP contribution < -0.4 is 5.48 Å². The van der Waals surface area contributed by atoms with E-state index in [1.165, 1.54) is 0 Å². The van der Waals surface area contributed by atoms with Gasteiger partial charge in [-0.05, 0) is 31.2 Å². The molecule has 0 bridgehead atoms. The van der Waals surface area contributed by atoms with E-state index >= 15 is 0 Å². The van der Waals surface area contributed by atoms with Crippen molar-refractivity contribution in [1.29, 1.82) is 0 Å². The summed E-state index contributed by atoms with van der Waals surface area (Å²) in [7, 11) is 0. The standard InChI is InChI=1S/C12H15NO4/c1-3-11(14)9-5-7-10(8-6-9)13-17-12(15)16-4-2/h5-8,13H,3-4H2,1-2H3. The van der Waals surface area contributed by atoms with Gasteiger partial charge in [0, 0.05) is 12.0 Å². The maximum atomic E-state index is 11.4. The number of benzene rings is 1. The zero-order valence-corrected chi connectivity index (χ0v) is 9.86. The third-order valence-electron chi connectivity index (χ3n) is 2.04. The number of carbonyl (C=O) groups is 2. The van der Waals surface area contributed by atoms with Gasteiger partial charge in [0.25, 0.3) is 0 Å². The van der Waals surface area contributed by atoms with Crippen molar-refractivity contribution in [3.05, 3.63) is 29.8 Å². The molecular weight excluding hydrogens is 222 g/mol. The molecule has 0 heterocycles. The lowest BCUT2D eigenvalue weighted by atomic mass is 10.1. The summed E-state index contributed by atoms with van der Waals surface area (Å²) in [6.45, 7) is 3.75. The predicted molar refractivity (Wildman–Crippen MR) is 62.8 cm³/mol. The summed E-state index contributed by atoms with van der Waals surface area (Å²) in [4.78, 5) is 26.8. The number of carbonyl (C=O) groups excluding carboxylic acids is 2. The van der Waals surface area contributed by atoms with Gasteiger partial charge in [-0.1, -0.05) is 6.92 Å². The Balaban J connectivity index is 2.51. The Morgan fingerprint density at radius 2 is 1.82 bits per heavy atom. The average Bonchev–Trinajstić information content (AvgIpc) is 2.36. The van der Waals surface area contributed by atoms with Crippen LogP contribution in [0.2, 0.25) is 0 Å². The summed E-state index contributed by atoms with van der Waals surface area (Å²) < 4.78 is 4.57. The summed E-state index contributed by atoms with van der Waals surface area (Å²) in [6.07, 6.45) is -0.326. The Morgan fingerprint density at radius 1 is 1.18 bits per heavy atom. The topological polar surface area (TPSA) is 64.6 Å².